The second-order valence-electron chi connectivity index (χ2n) is 8.85. The molecule has 0 aliphatic rings. The van der Waals surface area contributed by atoms with Crippen LogP contribution in [0.25, 0.3) is 22.1 Å². The van der Waals surface area contributed by atoms with Crippen molar-refractivity contribution in [1.82, 2.24) is 18.7 Å². The average molecular weight is 485 g/mol. The van der Waals surface area contributed by atoms with Gasteiger partial charge in [-0.15, -0.1) is 0 Å². The van der Waals surface area contributed by atoms with Crippen LogP contribution in [0, 0.1) is 5.92 Å². The molecule has 2 aromatic carbocycles. The Hall–Kier alpha value is -3.40. The zero-order valence-electron chi connectivity index (χ0n) is 19.2. The number of nitrogens with zero attached hydrogens (tertiary/aromatic N) is 4. The van der Waals surface area contributed by atoms with E-state index < -0.39 is 27.3 Å². The maximum atomic E-state index is 13.4. The number of hydrogen-bond acceptors (Lipinski definition) is 5. The van der Waals surface area contributed by atoms with Crippen LogP contribution < -0.4 is 5.69 Å². The fourth-order valence-corrected chi connectivity index (χ4v) is 5.14. The van der Waals surface area contributed by atoms with E-state index in [1.807, 2.05) is 36.4 Å². The highest BCUT2D eigenvalue weighted by Crippen LogP contribution is 2.20. The van der Waals surface area contributed by atoms with E-state index in [1.54, 1.807) is 16.7 Å². The molecule has 10 heteroatoms. The summed E-state index contributed by atoms with van der Waals surface area (Å²) in [5.41, 5.74) is 2.79. The molecule has 34 heavy (non-hydrogen) atoms. The number of carbonyl (C=O) groups is 1. The number of aryl methyl sites for hydroxylation is 2. The minimum Gasteiger partial charge on any atom is -0.480 e. The number of rotatable bonds is 10. The van der Waals surface area contributed by atoms with Gasteiger partial charge in [-0.25, -0.2) is 18.2 Å². The molecule has 0 spiro atoms. The van der Waals surface area contributed by atoms with Gasteiger partial charge in [-0.3, -0.25) is 13.9 Å². The zero-order valence-corrected chi connectivity index (χ0v) is 20.0. The van der Waals surface area contributed by atoms with Gasteiger partial charge in [-0.2, -0.15) is 0 Å². The van der Waals surface area contributed by atoms with Crippen molar-refractivity contribution in [3.63, 3.8) is 0 Å². The predicted octanol–water partition coefficient (Wildman–Crippen LogP) is 2.75. The third-order valence-corrected chi connectivity index (χ3v) is 7.35. The Morgan fingerprint density at radius 1 is 0.941 bits per heavy atom. The number of carboxylic acid groups (broad SMARTS) is 1. The highest BCUT2D eigenvalue weighted by atomic mass is 32.2. The number of sulfone groups is 1. The summed E-state index contributed by atoms with van der Waals surface area (Å²) in [5.74, 6) is -1.53. The summed E-state index contributed by atoms with van der Waals surface area (Å²) in [4.78, 5) is 29.0. The lowest BCUT2D eigenvalue weighted by Gasteiger charge is -2.11. The number of fused-ring (bicyclic) bond motifs is 2. The van der Waals surface area contributed by atoms with Crippen molar-refractivity contribution >= 4 is 37.9 Å². The normalized spacial score (nSPS) is 12.2. The van der Waals surface area contributed by atoms with Gasteiger partial charge in [0, 0.05) is 13.1 Å². The third kappa shape index (κ3) is 4.91. The molecular weight excluding hydrogens is 456 g/mol. The third-order valence-electron chi connectivity index (χ3n) is 5.86. The molecule has 2 aromatic heterocycles. The Balaban J connectivity index is 1.75. The number of para-hydroxylation sites is 4. The van der Waals surface area contributed by atoms with E-state index in [0.29, 0.717) is 17.0 Å². The van der Waals surface area contributed by atoms with Gasteiger partial charge in [-0.05, 0) is 36.6 Å². The lowest BCUT2D eigenvalue weighted by molar-refractivity contribution is -0.134. The van der Waals surface area contributed by atoms with E-state index >= 15 is 0 Å². The molecule has 180 valence electrons. The van der Waals surface area contributed by atoms with Gasteiger partial charge in [0.05, 0.1) is 34.4 Å². The number of imidazole rings is 2. The monoisotopic (exact) mass is 484 g/mol. The molecule has 0 radical (unpaired) electrons. The molecule has 0 saturated heterocycles. The Morgan fingerprint density at radius 3 is 2.21 bits per heavy atom. The summed E-state index contributed by atoms with van der Waals surface area (Å²) in [7, 11) is -3.84. The van der Waals surface area contributed by atoms with Gasteiger partial charge in [0.15, 0.2) is 9.84 Å². The molecule has 0 aliphatic heterocycles. The van der Waals surface area contributed by atoms with Crippen molar-refractivity contribution in [3.05, 3.63) is 64.8 Å². The molecule has 4 rings (SSSR count). The lowest BCUT2D eigenvalue weighted by atomic mass is 10.1. The Morgan fingerprint density at radius 2 is 1.56 bits per heavy atom. The maximum Gasteiger partial charge on any atom is 0.329 e. The summed E-state index contributed by atoms with van der Waals surface area (Å²) >= 11 is 0. The fourth-order valence-electron chi connectivity index (χ4n) is 4.16. The Labute approximate surface area is 197 Å². The van der Waals surface area contributed by atoms with E-state index in [9.17, 15) is 18.0 Å². The molecule has 9 nitrogen and oxygen atoms in total. The van der Waals surface area contributed by atoms with E-state index in [2.05, 4.69) is 18.4 Å². The van der Waals surface area contributed by atoms with E-state index in [1.165, 1.54) is 4.57 Å². The number of aromatic nitrogens is 4. The van der Waals surface area contributed by atoms with Crippen molar-refractivity contribution in [1.29, 1.82) is 0 Å². The summed E-state index contributed by atoms with van der Waals surface area (Å²) < 4.78 is 29.4. The van der Waals surface area contributed by atoms with E-state index in [4.69, 9.17) is 10.1 Å². The molecule has 2 heterocycles. The van der Waals surface area contributed by atoms with Crippen LogP contribution in [0.4, 0.5) is 0 Å². The molecule has 1 N–H and O–H groups in total. The summed E-state index contributed by atoms with van der Waals surface area (Å²) in [5, 5.41) is 8.84. The van der Waals surface area contributed by atoms with Crippen LogP contribution in [-0.4, -0.2) is 49.7 Å². The topological polar surface area (TPSA) is 116 Å². The molecule has 0 saturated carbocycles. The average Bonchev–Trinajstić information content (AvgIpc) is 3.25. The number of aliphatic carboxylic acids is 1. The van der Waals surface area contributed by atoms with Gasteiger partial charge in [0.25, 0.3) is 0 Å². The van der Waals surface area contributed by atoms with Gasteiger partial charge in [0.1, 0.15) is 11.6 Å². The first-order chi connectivity index (χ1) is 16.2. The fraction of sp³-hybridized carbons (Fsp3) is 0.375. The van der Waals surface area contributed by atoms with Crippen molar-refractivity contribution in [2.45, 2.75) is 39.9 Å². The molecule has 0 bridgehead atoms. The van der Waals surface area contributed by atoms with Crippen molar-refractivity contribution in [2.24, 2.45) is 5.92 Å². The lowest BCUT2D eigenvalue weighted by Crippen LogP contribution is -2.29. The second kappa shape index (κ2) is 9.46. The number of benzene rings is 2. The highest BCUT2D eigenvalue weighted by molar-refractivity contribution is 7.92. The quantitative estimate of drug-likeness (QED) is 0.370. The summed E-state index contributed by atoms with van der Waals surface area (Å²) in [6, 6.07) is 15.1. The summed E-state index contributed by atoms with van der Waals surface area (Å²) in [6.07, 6.45) is 0.964. The first-order valence-corrected chi connectivity index (χ1v) is 13.0. The molecule has 4 aromatic rings. The van der Waals surface area contributed by atoms with Crippen molar-refractivity contribution in [2.75, 3.05) is 11.5 Å². The zero-order chi connectivity index (χ0) is 24.5. The first kappa shape index (κ1) is 23.7. The van der Waals surface area contributed by atoms with Gasteiger partial charge < -0.3 is 9.67 Å². The minimum atomic E-state index is -3.84. The Bertz CT molecular complexity index is 1510. The molecular formula is C24H28N4O5S. The standard InChI is InChI=1S/C24H28N4O5S/c1-17(2)11-12-26-19-8-4-3-7-18(19)25-22(26)15-28-21-10-6-5-9-20(21)27(24(28)31)13-14-34(32,33)16-23(29)30/h3-10,17H,11-16H2,1-2H3,(H,29,30). The van der Waals surface area contributed by atoms with E-state index in [-0.39, 0.29) is 18.8 Å². The molecule has 0 amide bonds. The minimum absolute atomic E-state index is 0.119. The highest BCUT2D eigenvalue weighted by Gasteiger charge is 2.20. The smallest absolute Gasteiger partial charge is 0.329 e. The van der Waals surface area contributed by atoms with Crippen molar-refractivity contribution in [3.8, 4) is 0 Å². The van der Waals surface area contributed by atoms with E-state index in [0.717, 1.165) is 29.8 Å². The van der Waals surface area contributed by atoms with Gasteiger partial charge in [-0.1, -0.05) is 38.1 Å². The first-order valence-electron chi connectivity index (χ1n) is 11.2. The summed E-state index contributed by atoms with van der Waals surface area (Å²) in [6.45, 7) is 5.21. The molecule has 0 unspecified atom stereocenters. The van der Waals surface area contributed by atoms with Gasteiger partial charge >= 0.3 is 11.7 Å². The van der Waals surface area contributed by atoms with Crippen LogP contribution in [0.1, 0.15) is 26.1 Å². The number of hydrogen-bond donors (Lipinski definition) is 1. The maximum absolute atomic E-state index is 13.4. The number of carboxylic acids is 1. The van der Waals surface area contributed by atoms with Crippen LogP contribution in [0.15, 0.2) is 53.3 Å². The van der Waals surface area contributed by atoms with Crippen LogP contribution in [0.3, 0.4) is 0 Å². The molecule has 0 aliphatic carbocycles. The molecule has 0 atom stereocenters. The van der Waals surface area contributed by atoms with Crippen LogP contribution >= 0.6 is 0 Å². The van der Waals surface area contributed by atoms with Crippen LogP contribution in [0.5, 0.6) is 0 Å². The van der Waals surface area contributed by atoms with Crippen LogP contribution in [-0.2, 0) is 34.3 Å². The molecule has 0 fully saturated rings. The van der Waals surface area contributed by atoms with Crippen LogP contribution in [0.2, 0.25) is 0 Å². The van der Waals surface area contributed by atoms with Crippen molar-refractivity contribution < 1.29 is 18.3 Å². The predicted molar refractivity (Wildman–Crippen MR) is 131 cm³/mol. The van der Waals surface area contributed by atoms with Gasteiger partial charge in [0.2, 0.25) is 0 Å². The largest absolute Gasteiger partial charge is 0.480 e. The SMILES string of the molecule is CC(C)CCn1c(Cn2c(=O)n(CCS(=O)(=O)CC(=O)O)c3ccccc32)nc2ccccc21. The second-order valence-corrected chi connectivity index (χ2v) is 11.0. The Kier molecular flexibility index (Phi) is 6.60.